The van der Waals surface area contributed by atoms with Gasteiger partial charge >= 0.3 is 0 Å². The van der Waals surface area contributed by atoms with Gasteiger partial charge < -0.3 is 10.4 Å². The molecule has 3 rings (SSSR count). The van der Waals surface area contributed by atoms with E-state index in [0.717, 1.165) is 13.0 Å². The van der Waals surface area contributed by atoms with E-state index in [1.807, 2.05) is 12.1 Å². The van der Waals surface area contributed by atoms with Crippen molar-refractivity contribution in [2.75, 3.05) is 0 Å². The van der Waals surface area contributed by atoms with Crippen LogP contribution in [0.3, 0.4) is 0 Å². The molecule has 0 saturated carbocycles. The van der Waals surface area contributed by atoms with Crippen LogP contribution in [0.1, 0.15) is 22.7 Å². The lowest BCUT2D eigenvalue weighted by Gasteiger charge is -2.12. The predicted molar refractivity (Wildman–Crippen MR) is 67.8 cm³/mol. The molecule has 2 aromatic carbocycles. The van der Waals surface area contributed by atoms with E-state index in [9.17, 15) is 5.11 Å². The minimum absolute atomic E-state index is 0.327. The second-order valence-electron chi connectivity index (χ2n) is 4.50. The molecule has 0 radical (unpaired) electrons. The summed E-state index contributed by atoms with van der Waals surface area (Å²) in [4.78, 5) is 0. The van der Waals surface area contributed by atoms with Crippen LogP contribution in [-0.4, -0.2) is 5.11 Å². The summed E-state index contributed by atoms with van der Waals surface area (Å²) in [5, 5.41) is 12.8. The molecule has 2 N–H and O–H groups in total. The molecule has 2 nitrogen and oxygen atoms in total. The number of aromatic hydroxyl groups is 1. The van der Waals surface area contributed by atoms with Gasteiger partial charge in [0.05, 0.1) is 0 Å². The van der Waals surface area contributed by atoms with E-state index < -0.39 is 0 Å². The van der Waals surface area contributed by atoms with E-state index in [-0.39, 0.29) is 0 Å². The number of rotatable bonds is 2. The van der Waals surface area contributed by atoms with Crippen molar-refractivity contribution < 1.29 is 5.11 Å². The zero-order valence-electron chi connectivity index (χ0n) is 9.56. The Morgan fingerprint density at radius 2 is 1.82 bits per heavy atom. The highest BCUT2D eigenvalue weighted by molar-refractivity contribution is 5.36. The van der Waals surface area contributed by atoms with E-state index >= 15 is 0 Å². The average molecular weight is 225 g/mol. The van der Waals surface area contributed by atoms with Gasteiger partial charge in [-0.2, -0.15) is 0 Å². The number of hydrogen-bond acceptors (Lipinski definition) is 2. The van der Waals surface area contributed by atoms with Crippen molar-refractivity contribution in [1.29, 1.82) is 0 Å². The highest BCUT2D eigenvalue weighted by Crippen LogP contribution is 2.28. The molecule has 1 aliphatic rings. The number of phenols is 1. The van der Waals surface area contributed by atoms with Crippen molar-refractivity contribution in [2.45, 2.75) is 19.0 Å². The first kappa shape index (κ1) is 10.4. The molecule has 1 unspecified atom stereocenters. The number of fused-ring (bicyclic) bond motifs is 1. The molecule has 0 amide bonds. The molecule has 0 bridgehead atoms. The van der Waals surface area contributed by atoms with E-state index in [2.05, 4.69) is 29.6 Å². The molecule has 0 spiro atoms. The molecule has 2 heteroatoms. The Bertz CT molecular complexity index is 519. The minimum Gasteiger partial charge on any atom is -0.508 e. The van der Waals surface area contributed by atoms with Gasteiger partial charge in [-0.3, -0.25) is 0 Å². The fourth-order valence-electron chi connectivity index (χ4n) is 2.43. The summed E-state index contributed by atoms with van der Waals surface area (Å²) < 4.78 is 0. The van der Waals surface area contributed by atoms with Crippen molar-refractivity contribution in [1.82, 2.24) is 5.32 Å². The second kappa shape index (κ2) is 4.22. The van der Waals surface area contributed by atoms with E-state index in [0.29, 0.717) is 11.8 Å². The van der Waals surface area contributed by atoms with E-state index in [1.165, 1.54) is 16.7 Å². The molecule has 0 saturated heterocycles. The van der Waals surface area contributed by atoms with Crippen LogP contribution in [0.4, 0.5) is 0 Å². The first-order valence-electron chi connectivity index (χ1n) is 5.92. The Kier molecular flexibility index (Phi) is 2.57. The third-order valence-corrected chi connectivity index (χ3v) is 3.35. The molecular formula is C15H15NO. The van der Waals surface area contributed by atoms with E-state index in [4.69, 9.17) is 0 Å². The maximum absolute atomic E-state index is 9.26. The van der Waals surface area contributed by atoms with E-state index in [1.54, 1.807) is 12.1 Å². The summed E-state index contributed by atoms with van der Waals surface area (Å²) in [6, 6.07) is 16.4. The third-order valence-electron chi connectivity index (χ3n) is 3.35. The summed E-state index contributed by atoms with van der Waals surface area (Å²) in [6.45, 7) is 0.957. The zero-order valence-corrected chi connectivity index (χ0v) is 9.56. The highest BCUT2D eigenvalue weighted by atomic mass is 16.3. The minimum atomic E-state index is 0.327. The first-order chi connectivity index (χ1) is 8.33. The third kappa shape index (κ3) is 2.04. The Hall–Kier alpha value is -1.80. The van der Waals surface area contributed by atoms with Gasteiger partial charge in [0.1, 0.15) is 5.75 Å². The summed E-state index contributed by atoms with van der Waals surface area (Å²) in [7, 11) is 0. The molecule has 1 heterocycles. The van der Waals surface area contributed by atoms with Crippen LogP contribution in [0.2, 0.25) is 0 Å². The van der Waals surface area contributed by atoms with Crippen LogP contribution in [0, 0.1) is 0 Å². The average Bonchev–Trinajstić information content (AvgIpc) is 2.76. The van der Waals surface area contributed by atoms with Crippen LogP contribution in [0.25, 0.3) is 0 Å². The second-order valence-corrected chi connectivity index (χ2v) is 4.50. The SMILES string of the molecule is Oc1ccc(CC2NCc3ccccc32)cc1. The fourth-order valence-corrected chi connectivity index (χ4v) is 2.43. The lowest BCUT2D eigenvalue weighted by atomic mass is 9.99. The van der Waals surface area contributed by atoms with Crippen molar-refractivity contribution in [3.05, 3.63) is 65.2 Å². The summed E-state index contributed by atoms with van der Waals surface area (Å²) in [5.41, 5.74) is 4.05. The smallest absolute Gasteiger partial charge is 0.115 e. The summed E-state index contributed by atoms with van der Waals surface area (Å²) in [6.07, 6.45) is 0.970. The number of hydrogen-bond donors (Lipinski definition) is 2. The molecule has 17 heavy (non-hydrogen) atoms. The Morgan fingerprint density at radius 3 is 2.65 bits per heavy atom. The molecule has 1 atom stereocenters. The molecular weight excluding hydrogens is 210 g/mol. The highest BCUT2D eigenvalue weighted by Gasteiger charge is 2.20. The van der Waals surface area contributed by atoms with Gasteiger partial charge in [-0.05, 0) is 35.2 Å². The van der Waals surface area contributed by atoms with Crippen molar-refractivity contribution in [2.24, 2.45) is 0 Å². The lowest BCUT2D eigenvalue weighted by Crippen LogP contribution is -2.14. The quantitative estimate of drug-likeness (QED) is 0.823. The standard InChI is InChI=1S/C15H15NO/c17-13-7-5-11(6-8-13)9-15-14-4-2-1-3-12(14)10-16-15/h1-8,15-17H,9-10H2. The maximum atomic E-state index is 9.26. The largest absolute Gasteiger partial charge is 0.508 e. The van der Waals surface area contributed by atoms with Crippen LogP contribution in [0.15, 0.2) is 48.5 Å². The van der Waals surface area contributed by atoms with Gasteiger partial charge in [0, 0.05) is 12.6 Å². The van der Waals surface area contributed by atoms with Gasteiger partial charge in [-0.15, -0.1) is 0 Å². The Balaban J connectivity index is 1.81. The first-order valence-corrected chi connectivity index (χ1v) is 5.92. The molecule has 1 aliphatic heterocycles. The van der Waals surface area contributed by atoms with Gasteiger partial charge in [0.2, 0.25) is 0 Å². The lowest BCUT2D eigenvalue weighted by molar-refractivity contribution is 0.474. The zero-order chi connectivity index (χ0) is 11.7. The number of benzene rings is 2. The number of nitrogens with one attached hydrogen (secondary N) is 1. The van der Waals surface area contributed by atoms with Gasteiger partial charge in [-0.1, -0.05) is 36.4 Å². The molecule has 0 aliphatic carbocycles. The normalized spacial score (nSPS) is 18.0. The molecule has 86 valence electrons. The summed E-state index contributed by atoms with van der Waals surface area (Å²) in [5.74, 6) is 0.327. The van der Waals surface area contributed by atoms with Crippen molar-refractivity contribution in [3.63, 3.8) is 0 Å². The summed E-state index contributed by atoms with van der Waals surface area (Å²) >= 11 is 0. The topological polar surface area (TPSA) is 32.3 Å². The van der Waals surface area contributed by atoms with Gasteiger partial charge in [-0.25, -0.2) is 0 Å². The maximum Gasteiger partial charge on any atom is 0.115 e. The van der Waals surface area contributed by atoms with Crippen molar-refractivity contribution in [3.8, 4) is 5.75 Å². The van der Waals surface area contributed by atoms with Crippen LogP contribution < -0.4 is 5.32 Å². The molecule has 0 aromatic heterocycles. The van der Waals surface area contributed by atoms with Crippen molar-refractivity contribution >= 4 is 0 Å². The monoisotopic (exact) mass is 225 g/mol. The van der Waals surface area contributed by atoms with Gasteiger partial charge in [0.25, 0.3) is 0 Å². The number of phenolic OH excluding ortho intramolecular Hbond substituents is 1. The fraction of sp³-hybridized carbons (Fsp3) is 0.200. The molecule has 0 fully saturated rings. The van der Waals surface area contributed by atoms with Crippen LogP contribution in [0.5, 0.6) is 5.75 Å². The Labute approximate surface area is 101 Å². The predicted octanol–water partition coefficient (Wildman–Crippen LogP) is 2.78. The van der Waals surface area contributed by atoms with Crippen LogP contribution >= 0.6 is 0 Å². The van der Waals surface area contributed by atoms with Gasteiger partial charge in [0.15, 0.2) is 0 Å². The van der Waals surface area contributed by atoms with Crippen LogP contribution in [-0.2, 0) is 13.0 Å². The Morgan fingerprint density at radius 1 is 1.06 bits per heavy atom. The molecule has 2 aromatic rings.